The van der Waals surface area contributed by atoms with Crippen LogP contribution in [0.1, 0.15) is 76.4 Å². The van der Waals surface area contributed by atoms with Crippen LogP contribution < -0.4 is 5.32 Å². The van der Waals surface area contributed by atoms with Crippen molar-refractivity contribution < 1.29 is 0 Å². The van der Waals surface area contributed by atoms with Crippen molar-refractivity contribution in [2.24, 2.45) is 0 Å². The Balaban J connectivity index is 2.25. The molecule has 1 unspecified atom stereocenters. The van der Waals surface area contributed by atoms with Crippen LogP contribution in [0.5, 0.6) is 0 Å². The van der Waals surface area contributed by atoms with E-state index >= 15 is 0 Å². The van der Waals surface area contributed by atoms with Crippen LogP contribution in [-0.4, -0.2) is 12.0 Å². The fourth-order valence-electron chi connectivity index (χ4n) is 2.58. The zero-order valence-electron chi connectivity index (χ0n) is 13.3. The molecule has 2 nitrogen and oxygen atoms in total. The third-order valence-electron chi connectivity index (χ3n) is 3.86. The van der Waals surface area contributed by atoms with Crippen molar-refractivity contribution in [1.82, 2.24) is 10.3 Å². The monoisotopic (exact) mass is 330 g/mol. The second-order valence-electron chi connectivity index (χ2n) is 5.63. The molecule has 0 aliphatic rings. The van der Waals surface area contributed by atoms with Crippen LogP contribution in [0.15, 0.2) is 12.3 Å². The SMILES string of the molecule is CCCCCCCCCCC(NC)c1ncc(Cl)cc1Cl. The van der Waals surface area contributed by atoms with E-state index in [2.05, 4.69) is 17.2 Å². The molecule has 1 heterocycles. The quantitative estimate of drug-likeness (QED) is 0.490. The Morgan fingerprint density at radius 1 is 1.05 bits per heavy atom. The molecule has 0 aromatic carbocycles. The summed E-state index contributed by atoms with van der Waals surface area (Å²) in [7, 11) is 1.96. The van der Waals surface area contributed by atoms with E-state index in [1.54, 1.807) is 12.3 Å². The first-order valence-corrected chi connectivity index (χ1v) is 8.92. The van der Waals surface area contributed by atoms with Crippen molar-refractivity contribution in [2.75, 3.05) is 7.05 Å². The third kappa shape index (κ3) is 7.49. The molecule has 0 aliphatic carbocycles. The number of aromatic nitrogens is 1. The van der Waals surface area contributed by atoms with Gasteiger partial charge in [-0.15, -0.1) is 0 Å². The van der Waals surface area contributed by atoms with Crippen LogP contribution in [0.3, 0.4) is 0 Å². The van der Waals surface area contributed by atoms with Gasteiger partial charge in [0.1, 0.15) is 0 Å². The van der Waals surface area contributed by atoms with E-state index < -0.39 is 0 Å². The minimum Gasteiger partial charge on any atom is -0.312 e. The van der Waals surface area contributed by atoms with E-state index in [9.17, 15) is 0 Å². The van der Waals surface area contributed by atoms with Gasteiger partial charge in [-0.2, -0.15) is 0 Å². The van der Waals surface area contributed by atoms with Gasteiger partial charge in [-0.25, -0.2) is 0 Å². The summed E-state index contributed by atoms with van der Waals surface area (Å²) >= 11 is 12.1. The zero-order valence-corrected chi connectivity index (χ0v) is 14.8. The standard InChI is InChI=1S/C17H28Cl2N2/c1-3-4-5-6-7-8-9-10-11-16(20-2)17-15(19)12-14(18)13-21-17/h12-13,16,20H,3-11H2,1-2H3. The van der Waals surface area contributed by atoms with E-state index in [-0.39, 0.29) is 6.04 Å². The van der Waals surface area contributed by atoms with Crippen molar-refractivity contribution in [2.45, 2.75) is 70.8 Å². The van der Waals surface area contributed by atoms with Gasteiger partial charge >= 0.3 is 0 Å². The molecule has 21 heavy (non-hydrogen) atoms. The predicted molar refractivity (Wildman–Crippen MR) is 93.3 cm³/mol. The molecule has 1 rings (SSSR count). The molecule has 0 aliphatic heterocycles. The fourth-order valence-corrected chi connectivity index (χ4v) is 3.09. The van der Waals surface area contributed by atoms with Gasteiger partial charge in [-0.05, 0) is 19.5 Å². The van der Waals surface area contributed by atoms with Crippen LogP contribution in [0, 0.1) is 0 Å². The highest BCUT2D eigenvalue weighted by molar-refractivity contribution is 6.34. The molecule has 0 saturated heterocycles. The summed E-state index contributed by atoms with van der Waals surface area (Å²) in [4.78, 5) is 4.37. The molecule has 0 bridgehead atoms. The van der Waals surface area contributed by atoms with Crippen LogP contribution in [0.25, 0.3) is 0 Å². The first-order valence-electron chi connectivity index (χ1n) is 8.17. The lowest BCUT2D eigenvalue weighted by Gasteiger charge is -2.17. The van der Waals surface area contributed by atoms with Gasteiger partial charge < -0.3 is 5.32 Å². The minimum atomic E-state index is 0.217. The van der Waals surface area contributed by atoms with Gasteiger partial charge in [0, 0.05) is 6.20 Å². The maximum Gasteiger partial charge on any atom is 0.0760 e. The summed E-state index contributed by atoms with van der Waals surface area (Å²) in [6.45, 7) is 2.26. The molecule has 0 fully saturated rings. The number of pyridine rings is 1. The molecular formula is C17H28Cl2N2. The van der Waals surface area contributed by atoms with E-state index in [0.717, 1.165) is 12.1 Å². The first-order chi connectivity index (χ1) is 10.2. The summed E-state index contributed by atoms with van der Waals surface area (Å²) in [6.07, 6.45) is 13.4. The number of nitrogens with zero attached hydrogens (tertiary/aromatic N) is 1. The Kier molecular flexibility index (Phi) is 10.1. The summed E-state index contributed by atoms with van der Waals surface area (Å²) < 4.78 is 0. The zero-order chi connectivity index (χ0) is 15.5. The molecule has 1 aromatic heterocycles. The Labute approximate surface area is 139 Å². The molecule has 0 spiro atoms. The number of hydrogen-bond acceptors (Lipinski definition) is 2. The topological polar surface area (TPSA) is 24.9 Å². The number of unbranched alkanes of at least 4 members (excludes halogenated alkanes) is 7. The first kappa shape index (κ1) is 18.7. The van der Waals surface area contributed by atoms with Gasteiger partial charge in [0.05, 0.1) is 21.8 Å². The molecule has 0 saturated carbocycles. The Hall–Kier alpha value is -0.310. The Bertz CT molecular complexity index is 396. The highest BCUT2D eigenvalue weighted by Crippen LogP contribution is 2.27. The lowest BCUT2D eigenvalue weighted by atomic mass is 10.0. The second-order valence-corrected chi connectivity index (χ2v) is 6.47. The van der Waals surface area contributed by atoms with Crippen molar-refractivity contribution in [3.05, 3.63) is 28.0 Å². The third-order valence-corrected chi connectivity index (χ3v) is 4.37. The van der Waals surface area contributed by atoms with Crippen molar-refractivity contribution in [3.63, 3.8) is 0 Å². The van der Waals surface area contributed by atoms with Gasteiger partial charge in [-0.1, -0.05) is 81.5 Å². The van der Waals surface area contributed by atoms with Crippen LogP contribution in [0.4, 0.5) is 0 Å². The predicted octanol–water partition coefficient (Wildman–Crippen LogP) is 6.18. The minimum absolute atomic E-state index is 0.217. The summed E-state index contributed by atoms with van der Waals surface area (Å²) in [5, 5.41) is 4.55. The lowest BCUT2D eigenvalue weighted by Crippen LogP contribution is -2.18. The molecule has 1 atom stereocenters. The smallest absolute Gasteiger partial charge is 0.0760 e. The van der Waals surface area contributed by atoms with Crippen LogP contribution >= 0.6 is 23.2 Å². The molecular weight excluding hydrogens is 303 g/mol. The Morgan fingerprint density at radius 2 is 1.67 bits per heavy atom. The molecule has 1 N–H and O–H groups in total. The largest absolute Gasteiger partial charge is 0.312 e. The van der Waals surface area contributed by atoms with Gasteiger partial charge in [-0.3, -0.25) is 4.98 Å². The van der Waals surface area contributed by atoms with Gasteiger partial charge in [0.25, 0.3) is 0 Å². The number of nitrogens with one attached hydrogen (secondary N) is 1. The second kappa shape index (κ2) is 11.3. The average Bonchev–Trinajstić information content (AvgIpc) is 2.47. The van der Waals surface area contributed by atoms with E-state index in [1.807, 2.05) is 7.05 Å². The number of rotatable bonds is 11. The maximum absolute atomic E-state index is 6.23. The summed E-state index contributed by atoms with van der Waals surface area (Å²) in [5.74, 6) is 0. The molecule has 1 aromatic rings. The van der Waals surface area contributed by atoms with Crippen LogP contribution in [-0.2, 0) is 0 Å². The fraction of sp³-hybridized carbons (Fsp3) is 0.706. The van der Waals surface area contributed by atoms with Gasteiger partial charge in [0.15, 0.2) is 0 Å². The van der Waals surface area contributed by atoms with Crippen molar-refractivity contribution in [3.8, 4) is 0 Å². The molecule has 4 heteroatoms. The lowest BCUT2D eigenvalue weighted by molar-refractivity contribution is 0.487. The normalized spacial score (nSPS) is 12.6. The highest BCUT2D eigenvalue weighted by Gasteiger charge is 2.14. The average molecular weight is 331 g/mol. The molecule has 120 valence electrons. The maximum atomic E-state index is 6.23. The summed E-state index contributed by atoms with van der Waals surface area (Å²) in [5.41, 5.74) is 0.909. The summed E-state index contributed by atoms with van der Waals surface area (Å²) in [6, 6.07) is 1.98. The highest BCUT2D eigenvalue weighted by atomic mass is 35.5. The Morgan fingerprint density at radius 3 is 2.24 bits per heavy atom. The van der Waals surface area contributed by atoms with Crippen LogP contribution in [0.2, 0.25) is 10.0 Å². The molecule has 0 radical (unpaired) electrons. The molecule has 0 amide bonds. The number of hydrogen-bond donors (Lipinski definition) is 1. The van der Waals surface area contributed by atoms with E-state index in [4.69, 9.17) is 23.2 Å². The van der Waals surface area contributed by atoms with E-state index in [0.29, 0.717) is 10.0 Å². The number of halogens is 2. The van der Waals surface area contributed by atoms with Crippen molar-refractivity contribution >= 4 is 23.2 Å². The van der Waals surface area contributed by atoms with Gasteiger partial charge in [0.2, 0.25) is 0 Å². The van der Waals surface area contributed by atoms with Crippen molar-refractivity contribution in [1.29, 1.82) is 0 Å². The van der Waals surface area contributed by atoms with E-state index in [1.165, 1.54) is 51.4 Å².